The summed E-state index contributed by atoms with van der Waals surface area (Å²) in [5, 5.41) is 21.4. The van der Waals surface area contributed by atoms with Crippen LogP contribution in [-0.4, -0.2) is 58.5 Å². The Kier molecular flexibility index (Phi) is 2.15. The van der Waals surface area contributed by atoms with Crippen LogP contribution < -0.4 is 5.32 Å². The number of carbonyl (C=O) groups excluding carboxylic acids is 1. The SMILES string of the molecule is O=C1C=CN2[C@H](N1)O[C@@H]1[C@H](O)[C@@H](CO)O[C@H]12. The standard InChI is InChI=1S/C9H12N2O5/c12-3-4-6(14)7-8(15-4)11-2-1-5(13)10-9(11)16-7/h1-2,4,6-9,12,14H,3H2,(H,10,13)/t4-,6-,7-,8-,9+/m1/s1. The van der Waals surface area contributed by atoms with Gasteiger partial charge >= 0.3 is 0 Å². The summed E-state index contributed by atoms with van der Waals surface area (Å²) in [4.78, 5) is 12.8. The number of fused-ring (bicyclic) bond motifs is 3. The molecular formula is C9H12N2O5. The first kappa shape index (κ1) is 10.0. The molecule has 1 amide bonds. The van der Waals surface area contributed by atoms with E-state index in [1.807, 2.05) is 0 Å². The van der Waals surface area contributed by atoms with Gasteiger partial charge in [-0.05, 0) is 0 Å². The molecule has 0 aromatic heterocycles. The molecule has 0 radical (unpaired) electrons. The zero-order valence-electron chi connectivity index (χ0n) is 8.31. The van der Waals surface area contributed by atoms with Crippen molar-refractivity contribution in [2.75, 3.05) is 6.61 Å². The highest BCUT2D eigenvalue weighted by atomic mass is 16.6. The largest absolute Gasteiger partial charge is 0.394 e. The molecule has 0 unspecified atom stereocenters. The molecule has 0 spiro atoms. The topological polar surface area (TPSA) is 91.3 Å². The van der Waals surface area contributed by atoms with E-state index in [4.69, 9.17) is 14.6 Å². The summed E-state index contributed by atoms with van der Waals surface area (Å²) in [5.41, 5.74) is 0. The molecule has 5 atom stereocenters. The third-order valence-electron chi connectivity index (χ3n) is 3.01. The lowest BCUT2D eigenvalue weighted by atomic mass is 10.1. The molecule has 88 valence electrons. The minimum Gasteiger partial charge on any atom is -0.394 e. The highest BCUT2D eigenvalue weighted by Crippen LogP contribution is 2.34. The zero-order valence-corrected chi connectivity index (χ0v) is 8.31. The van der Waals surface area contributed by atoms with Crippen LogP contribution in [0.1, 0.15) is 0 Å². The van der Waals surface area contributed by atoms with Gasteiger partial charge in [0.25, 0.3) is 0 Å². The maximum absolute atomic E-state index is 11.1. The van der Waals surface area contributed by atoms with Crippen molar-refractivity contribution in [3.63, 3.8) is 0 Å². The first-order valence-corrected chi connectivity index (χ1v) is 5.06. The molecule has 7 nitrogen and oxygen atoms in total. The highest BCUT2D eigenvalue weighted by Gasteiger charge is 2.54. The number of nitrogens with one attached hydrogen (secondary N) is 1. The van der Waals surface area contributed by atoms with Gasteiger partial charge in [0.1, 0.15) is 18.3 Å². The molecule has 0 aromatic carbocycles. The fraction of sp³-hybridized carbons (Fsp3) is 0.667. The van der Waals surface area contributed by atoms with Crippen molar-refractivity contribution in [2.24, 2.45) is 0 Å². The lowest BCUT2D eigenvalue weighted by Crippen LogP contribution is -2.48. The number of amides is 1. The number of carbonyl (C=O) groups is 1. The van der Waals surface area contributed by atoms with Crippen LogP contribution in [0.3, 0.4) is 0 Å². The quantitative estimate of drug-likeness (QED) is 0.467. The van der Waals surface area contributed by atoms with Gasteiger partial charge in [-0.15, -0.1) is 0 Å². The van der Waals surface area contributed by atoms with Gasteiger partial charge in [-0.2, -0.15) is 0 Å². The summed E-state index contributed by atoms with van der Waals surface area (Å²) in [6, 6.07) is 0. The maximum Gasteiger partial charge on any atom is 0.248 e. The van der Waals surface area contributed by atoms with Gasteiger partial charge in [0.15, 0.2) is 6.23 Å². The molecule has 0 saturated carbocycles. The van der Waals surface area contributed by atoms with Crippen LogP contribution in [0.5, 0.6) is 0 Å². The molecule has 3 aliphatic rings. The molecule has 3 aliphatic heterocycles. The Bertz CT molecular complexity index is 347. The maximum atomic E-state index is 11.1. The summed E-state index contributed by atoms with van der Waals surface area (Å²) >= 11 is 0. The van der Waals surface area contributed by atoms with E-state index >= 15 is 0 Å². The molecule has 0 aliphatic carbocycles. The van der Waals surface area contributed by atoms with Gasteiger partial charge < -0.3 is 29.9 Å². The van der Waals surface area contributed by atoms with E-state index < -0.39 is 30.9 Å². The molecule has 3 heterocycles. The van der Waals surface area contributed by atoms with E-state index in [2.05, 4.69) is 5.32 Å². The summed E-state index contributed by atoms with van der Waals surface area (Å²) in [7, 11) is 0. The first-order valence-electron chi connectivity index (χ1n) is 5.06. The Balaban J connectivity index is 1.82. The predicted octanol–water partition coefficient (Wildman–Crippen LogP) is -2.31. The molecule has 2 saturated heterocycles. The monoisotopic (exact) mass is 228 g/mol. The number of hydrogen-bond donors (Lipinski definition) is 3. The van der Waals surface area contributed by atoms with Crippen molar-refractivity contribution >= 4 is 5.91 Å². The average Bonchev–Trinajstić information content (AvgIpc) is 2.75. The Morgan fingerprint density at radius 1 is 1.50 bits per heavy atom. The van der Waals surface area contributed by atoms with E-state index in [9.17, 15) is 9.90 Å². The molecule has 3 rings (SSSR count). The van der Waals surface area contributed by atoms with E-state index in [1.54, 1.807) is 11.1 Å². The number of rotatable bonds is 1. The zero-order chi connectivity index (χ0) is 11.3. The van der Waals surface area contributed by atoms with Gasteiger partial charge in [0.2, 0.25) is 12.3 Å². The number of aliphatic hydroxyl groups is 2. The smallest absolute Gasteiger partial charge is 0.248 e. The molecule has 2 fully saturated rings. The number of ether oxygens (including phenoxy) is 2. The van der Waals surface area contributed by atoms with E-state index in [0.29, 0.717) is 0 Å². The van der Waals surface area contributed by atoms with Crippen LogP contribution in [0, 0.1) is 0 Å². The van der Waals surface area contributed by atoms with E-state index in [-0.39, 0.29) is 12.5 Å². The van der Waals surface area contributed by atoms with Crippen LogP contribution in [0.2, 0.25) is 0 Å². The molecule has 7 heteroatoms. The van der Waals surface area contributed by atoms with Crippen molar-refractivity contribution in [1.82, 2.24) is 10.2 Å². The lowest BCUT2D eigenvalue weighted by molar-refractivity contribution is -0.133. The molecule has 3 N–H and O–H groups in total. The summed E-state index contributed by atoms with van der Waals surface area (Å²) in [6.45, 7) is -0.258. The van der Waals surface area contributed by atoms with Gasteiger partial charge in [0, 0.05) is 12.3 Å². The van der Waals surface area contributed by atoms with Crippen LogP contribution in [0.4, 0.5) is 0 Å². The van der Waals surface area contributed by atoms with Crippen molar-refractivity contribution in [3.05, 3.63) is 12.3 Å². The molecule has 16 heavy (non-hydrogen) atoms. The lowest BCUT2D eigenvalue weighted by Gasteiger charge is -2.29. The minimum absolute atomic E-state index is 0.241. The summed E-state index contributed by atoms with van der Waals surface area (Å²) in [6.07, 6.45) is -0.195. The van der Waals surface area contributed by atoms with E-state index in [0.717, 1.165) is 0 Å². The van der Waals surface area contributed by atoms with Crippen molar-refractivity contribution in [1.29, 1.82) is 0 Å². The Hall–Kier alpha value is -1.15. The summed E-state index contributed by atoms with van der Waals surface area (Å²) in [5.74, 6) is -0.241. The van der Waals surface area contributed by atoms with Crippen LogP contribution >= 0.6 is 0 Å². The normalized spacial score (nSPS) is 45.5. The third-order valence-corrected chi connectivity index (χ3v) is 3.01. The Morgan fingerprint density at radius 3 is 3.06 bits per heavy atom. The predicted molar refractivity (Wildman–Crippen MR) is 49.5 cm³/mol. The molecular weight excluding hydrogens is 216 g/mol. The summed E-state index contributed by atoms with van der Waals surface area (Å²) < 4.78 is 10.9. The molecule has 0 aromatic rings. The fourth-order valence-corrected chi connectivity index (χ4v) is 2.20. The van der Waals surface area contributed by atoms with Crippen molar-refractivity contribution in [2.45, 2.75) is 30.9 Å². The van der Waals surface area contributed by atoms with Crippen LogP contribution in [0.15, 0.2) is 12.3 Å². The second-order valence-electron chi connectivity index (χ2n) is 3.96. The van der Waals surface area contributed by atoms with Crippen molar-refractivity contribution in [3.8, 4) is 0 Å². The number of nitrogens with zero attached hydrogens (tertiary/aromatic N) is 1. The number of aliphatic hydroxyl groups excluding tert-OH is 2. The van der Waals surface area contributed by atoms with E-state index in [1.165, 1.54) is 6.08 Å². The fourth-order valence-electron chi connectivity index (χ4n) is 2.20. The first-order chi connectivity index (χ1) is 7.70. The Labute approximate surface area is 91.2 Å². The second-order valence-corrected chi connectivity index (χ2v) is 3.96. The second kappa shape index (κ2) is 3.42. The van der Waals surface area contributed by atoms with Gasteiger partial charge in [-0.3, -0.25) is 4.79 Å². The van der Waals surface area contributed by atoms with Gasteiger partial charge in [-0.25, -0.2) is 0 Å². The van der Waals surface area contributed by atoms with Gasteiger partial charge in [-0.1, -0.05) is 0 Å². The molecule has 0 bridgehead atoms. The van der Waals surface area contributed by atoms with Gasteiger partial charge in [0.05, 0.1) is 6.61 Å². The highest BCUT2D eigenvalue weighted by molar-refractivity contribution is 5.88. The number of hydrogen-bond acceptors (Lipinski definition) is 6. The minimum atomic E-state index is -0.883. The van der Waals surface area contributed by atoms with Crippen LogP contribution in [-0.2, 0) is 14.3 Å². The van der Waals surface area contributed by atoms with Crippen molar-refractivity contribution < 1.29 is 24.5 Å². The third kappa shape index (κ3) is 1.26. The average molecular weight is 228 g/mol. The van der Waals surface area contributed by atoms with Crippen LogP contribution in [0.25, 0.3) is 0 Å². The Morgan fingerprint density at radius 2 is 2.31 bits per heavy atom.